The van der Waals surface area contributed by atoms with Gasteiger partial charge in [0.15, 0.2) is 5.69 Å². The van der Waals surface area contributed by atoms with E-state index >= 15 is 0 Å². The average molecular weight is 422 g/mol. The molecule has 0 unspecified atom stereocenters. The smallest absolute Gasteiger partial charge is 0.198 e. The Labute approximate surface area is 194 Å². The van der Waals surface area contributed by atoms with Crippen LogP contribution < -0.4 is 4.57 Å². The lowest BCUT2D eigenvalue weighted by molar-refractivity contribution is -0.665. The molecule has 0 N–H and O–H groups in total. The van der Waals surface area contributed by atoms with Gasteiger partial charge in [0.05, 0.1) is 12.3 Å². The van der Waals surface area contributed by atoms with Crippen LogP contribution in [0.15, 0.2) is 66.7 Å². The number of nitrogens with zero attached hydrogens (tertiary/aromatic N) is 1. The Kier molecular flexibility index (Phi) is 5.27. The van der Waals surface area contributed by atoms with Crippen molar-refractivity contribution in [2.24, 2.45) is 7.05 Å². The van der Waals surface area contributed by atoms with Gasteiger partial charge in [-0.1, -0.05) is 67.8 Å². The number of aromatic nitrogens is 1. The molecular weight excluding hydrogens is 386 g/mol. The fourth-order valence-electron chi connectivity index (χ4n) is 5.42. The van der Waals surface area contributed by atoms with Crippen molar-refractivity contribution >= 4 is 10.8 Å². The second kappa shape index (κ2) is 8.54. The summed E-state index contributed by atoms with van der Waals surface area (Å²) in [6, 6.07) is 22.9. The van der Waals surface area contributed by atoms with E-state index in [9.17, 15) is 0 Å². The van der Waals surface area contributed by atoms with Crippen LogP contribution >= 0.6 is 0 Å². The zero-order valence-corrected chi connectivity index (χ0v) is 19.8. The third-order valence-corrected chi connectivity index (χ3v) is 7.56. The molecule has 1 nitrogen and oxygen atoms in total. The van der Waals surface area contributed by atoms with Crippen molar-refractivity contribution in [3.8, 4) is 22.4 Å². The van der Waals surface area contributed by atoms with Crippen molar-refractivity contribution in [1.29, 1.82) is 0 Å². The maximum atomic E-state index is 8.95. The molecule has 1 aliphatic rings. The molecule has 0 spiro atoms. The molecule has 1 aliphatic carbocycles. The number of hydrogen-bond donors (Lipinski definition) is 0. The molecule has 4 aromatic rings. The SMILES string of the molecule is [2H]c1c(C)[n+](C)c(-c2cc(-c3ccccc3)cc(C)c2C)c2ccc(C3CCCCC3)cc12. The van der Waals surface area contributed by atoms with E-state index in [2.05, 4.69) is 93.0 Å². The normalized spacial score (nSPS) is 15.2. The first-order chi connectivity index (χ1) is 16.0. The molecule has 162 valence electrons. The molecule has 0 aliphatic heterocycles. The summed E-state index contributed by atoms with van der Waals surface area (Å²) in [6.07, 6.45) is 6.58. The minimum atomic E-state index is 0.644. The minimum absolute atomic E-state index is 0.644. The van der Waals surface area contributed by atoms with Crippen molar-refractivity contribution in [3.63, 3.8) is 0 Å². The molecule has 5 rings (SSSR count). The number of pyridine rings is 1. The summed E-state index contributed by atoms with van der Waals surface area (Å²) >= 11 is 0. The van der Waals surface area contributed by atoms with Gasteiger partial charge in [0.2, 0.25) is 5.69 Å². The van der Waals surface area contributed by atoms with Gasteiger partial charge in [-0.2, -0.15) is 4.57 Å². The van der Waals surface area contributed by atoms with E-state index in [4.69, 9.17) is 1.37 Å². The minimum Gasteiger partial charge on any atom is -0.198 e. The van der Waals surface area contributed by atoms with Crippen LogP contribution in [0.2, 0.25) is 0 Å². The van der Waals surface area contributed by atoms with Gasteiger partial charge >= 0.3 is 0 Å². The van der Waals surface area contributed by atoms with Crippen LogP contribution in [0.5, 0.6) is 0 Å². The molecule has 0 atom stereocenters. The van der Waals surface area contributed by atoms with Crippen LogP contribution in [-0.2, 0) is 7.05 Å². The maximum Gasteiger partial charge on any atom is 0.220 e. The summed E-state index contributed by atoms with van der Waals surface area (Å²) in [5, 5.41) is 2.27. The maximum absolute atomic E-state index is 8.95. The summed E-state index contributed by atoms with van der Waals surface area (Å²) in [5.41, 5.74) is 9.99. The predicted molar refractivity (Wildman–Crippen MR) is 136 cm³/mol. The third kappa shape index (κ3) is 3.75. The molecule has 1 fully saturated rings. The Bertz CT molecular complexity index is 1330. The van der Waals surface area contributed by atoms with E-state index in [1.807, 2.05) is 0 Å². The van der Waals surface area contributed by atoms with Crippen molar-refractivity contribution in [2.75, 3.05) is 0 Å². The zero-order valence-electron chi connectivity index (χ0n) is 20.8. The van der Waals surface area contributed by atoms with Gasteiger partial charge in [0, 0.05) is 13.0 Å². The van der Waals surface area contributed by atoms with Gasteiger partial charge in [-0.25, -0.2) is 0 Å². The van der Waals surface area contributed by atoms with Crippen LogP contribution in [-0.4, -0.2) is 0 Å². The van der Waals surface area contributed by atoms with Crippen molar-refractivity contribution in [2.45, 2.75) is 58.8 Å². The van der Waals surface area contributed by atoms with Gasteiger partial charge in [0.25, 0.3) is 0 Å². The van der Waals surface area contributed by atoms with Crippen molar-refractivity contribution < 1.29 is 5.94 Å². The predicted octanol–water partition coefficient (Wildman–Crippen LogP) is 7.97. The standard InChI is InChI=1S/C31H34N/c1-21-17-27(25-13-9-6-10-14-25)20-30(23(21)3)31-29-16-15-26(24-11-7-5-8-12-24)19-28(29)18-22(2)32(31)4/h6,9-10,13-20,24H,5,7-8,11-12H2,1-4H3/q+1/i18D. The van der Waals surface area contributed by atoms with Gasteiger partial charge in [-0.05, 0) is 77.9 Å². The second-order valence-electron chi connectivity index (χ2n) is 9.59. The van der Waals surface area contributed by atoms with Gasteiger partial charge in [0.1, 0.15) is 7.05 Å². The first-order valence-electron chi connectivity index (χ1n) is 12.6. The second-order valence-corrected chi connectivity index (χ2v) is 9.59. The third-order valence-electron chi connectivity index (χ3n) is 7.56. The van der Waals surface area contributed by atoms with Gasteiger partial charge in [-0.15, -0.1) is 0 Å². The lowest BCUT2D eigenvalue weighted by Gasteiger charge is -2.22. The van der Waals surface area contributed by atoms with Gasteiger partial charge < -0.3 is 0 Å². The van der Waals surface area contributed by atoms with Crippen LogP contribution in [0, 0.1) is 20.8 Å². The molecule has 0 saturated heterocycles. The molecule has 0 radical (unpaired) electrons. The molecule has 1 heterocycles. The summed E-state index contributed by atoms with van der Waals surface area (Å²) in [4.78, 5) is 0. The average Bonchev–Trinajstić information content (AvgIpc) is 2.86. The van der Waals surface area contributed by atoms with Gasteiger partial charge in [-0.3, -0.25) is 0 Å². The lowest BCUT2D eigenvalue weighted by atomic mass is 9.83. The molecule has 3 aromatic carbocycles. The van der Waals surface area contributed by atoms with Crippen LogP contribution in [0.25, 0.3) is 33.2 Å². The van der Waals surface area contributed by atoms with Crippen LogP contribution in [0.1, 0.15) is 61.8 Å². The molecule has 1 aromatic heterocycles. The van der Waals surface area contributed by atoms with E-state index in [0.29, 0.717) is 12.0 Å². The summed E-state index contributed by atoms with van der Waals surface area (Å²) in [5.74, 6) is 0.644. The van der Waals surface area contributed by atoms with E-state index in [-0.39, 0.29) is 0 Å². The number of fused-ring (bicyclic) bond motifs is 1. The molecule has 0 amide bonds. The largest absolute Gasteiger partial charge is 0.220 e. The van der Waals surface area contributed by atoms with Crippen LogP contribution in [0.3, 0.4) is 0 Å². The summed E-state index contributed by atoms with van der Waals surface area (Å²) in [6.45, 7) is 6.52. The number of benzene rings is 3. The summed E-state index contributed by atoms with van der Waals surface area (Å²) in [7, 11) is 2.11. The first kappa shape index (κ1) is 19.7. The highest BCUT2D eigenvalue weighted by molar-refractivity contribution is 5.95. The molecule has 1 saturated carbocycles. The zero-order chi connectivity index (χ0) is 23.1. The molecule has 1 heteroatoms. The van der Waals surface area contributed by atoms with E-state index in [0.717, 1.165) is 11.1 Å². The Morgan fingerprint density at radius 2 is 1.59 bits per heavy atom. The fourth-order valence-corrected chi connectivity index (χ4v) is 5.42. The highest BCUT2D eigenvalue weighted by atomic mass is 14.9. The Morgan fingerprint density at radius 3 is 2.34 bits per heavy atom. The number of rotatable bonds is 3. The van der Waals surface area contributed by atoms with E-state index in [1.54, 1.807) is 0 Å². The fraction of sp³-hybridized carbons (Fsp3) is 0.323. The number of aryl methyl sites for hydroxylation is 1. The van der Waals surface area contributed by atoms with E-state index < -0.39 is 0 Å². The van der Waals surface area contributed by atoms with Crippen LogP contribution in [0.4, 0.5) is 0 Å². The van der Waals surface area contributed by atoms with Crippen molar-refractivity contribution in [1.82, 2.24) is 0 Å². The topological polar surface area (TPSA) is 3.88 Å². The Morgan fingerprint density at radius 1 is 0.844 bits per heavy atom. The highest BCUT2D eigenvalue weighted by Gasteiger charge is 2.23. The highest BCUT2D eigenvalue weighted by Crippen LogP contribution is 2.37. The molecule has 32 heavy (non-hydrogen) atoms. The lowest BCUT2D eigenvalue weighted by Crippen LogP contribution is -2.35. The summed E-state index contributed by atoms with van der Waals surface area (Å²) < 4.78 is 11.2. The Hall–Kier alpha value is -2.93. The quantitative estimate of drug-likeness (QED) is 0.295. The van der Waals surface area contributed by atoms with Crippen molar-refractivity contribution in [3.05, 3.63) is 89.1 Å². The molecular formula is C31H34N+. The van der Waals surface area contributed by atoms with E-state index in [1.165, 1.54) is 76.6 Å². The molecule has 0 bridgehead atoms. The number of hydrogen-bond acceptors (Lipinski definition) is 0. The first-order valence-corrected chi connectivity index (χ1v) is 12.1. The Balaban J connectivity index is 1.75. The monoisotopic (exact) mass is 421 g/mol.